The number of benzene rings is 1. The van der Waals surface area contributed by atoms with Crippen LogP contribution in [0.3, 0.4) is 0 Å². The highest BCUT2D eigenvalue weighted by atomic mass is 32.1. The molecule has 0 aliphatic heterocycles. The molecule has 2 aromatic heterocycles. The van der Waals surface area contributed by atoms with Crippen molar-refractivity contribution < 1.29 is 8.78 Å². The molecular formula is C12H10F2N4S. The molecule has 0 aliphatic rings. The van der Waals surface area contributed by atoms with Gasteiger partial charge in [-0.2, -0.15) is 5.10 Å². The van der Waals surface area contributed by atoms with Crippen LogP contribution in [0.15, 0.2) is 24.4 Å². The predicted molar refractivity (Wildman–Crippen MR) is 69.3 cm³/mol. The zero-order valence-corrected chi connectivity index (χ0v) is 10.8. The number of nitrogens with zero attached hydrogens (tertiary/aromatic N) is 3. The van der Waals surface area contributed by atoms with Crippen LogP contribution in [-0.2, 0) is 13.6 Å². The molecule has 0 bridgehead atoms. The Morgan fingerprint density at radius 2 is 2.11 bits per heavy atom. The van der Waals surface area contributed by atoms with Gasteiger partial charge in [0.2, 0.25) is 0 Å². The number of aromatic nitrogens is 4. The lowest BCUT2D eigenvalue weighted by Gasteiger charge is -2.03. The molecule has 0 unspecified atom stereocenters. The smallest absolute Gasteiger partial charge is 0.184 e. The van der Waals surface area contributed by atoms with Crippen LogP contribution >= 0.6 is 12.2 Å². The van der Waals surface area contributed by atoms with Crippen molar-refractivity contribution in [1.82, 2.24) is 19.3 Å². The zero-order chi connectivity index (χ0) is 13.6. The van der Waals surface area contributed by atoms with E-state index in [0.717, 1.165) is 11.8 Å². The van der Waals surface area contributed by atoms with E-state index < -0.39 is 11.6 Å². The van der Waals surface area contributed by atoms with E-state index in [-0.39, 0.29) is 5.52 Å². The number of hydrogen-bond acceptors (Lipinski definition) is 2. The molecular weight excluding hydrogens is 270 g/mol. The molecule has 1 N–H and O–H groups in total. The summed E-state index contributed by atoms with van der Waals surface area (Å²) in [4.78, 5) is 2.86. The third-order valence-corrected chi connectivity index (χ3v) is 3.24. The van der Waals surface area contributed by atoms with Crippen LogP contribution in [0.5, 0.6) is 0 Å². The summed E-state index contributed by atoms with van der Waals surface area (Å²) in [5.74, 6) is -1.79. The van der Waals surface area contributed by atoms with E-state index in [1.807, 2.05) is 0 Å². The largest absolute Gasteiger partial charge is 0.330 e. The van der Waals surface area contributed by atoms with E-state index in [1.165, 1.54) is 10.6 Å². The first-order chi connectivity index (χ1) is 9.06. The Hall–Kier alpha value is -2.02. The number of aromatic amines is 1. The van der Waals surface area contributed by atoms with Crippen LogP contribution in [0.1, 0.15) is 5.69 Å². The lowest BCUT2D eigenvalue weighted by Crippen LogP contribution is -2.03. The summed E-state index contributed by atoms with van der Waals surface area (Å²) < 4.78 is 30.7. The van der Waals surface area contributed by atoms with Crippen molar-refractivity contribution in [2.24, 2.45) is 7.05 Å². The first-order valence-corrected chi connectivity index (χ1v) is 6.02. The summed E-state index contributed by atoms with van der Waals surface area (Å²) in [6, 6.07) is 4.35. The van der Waals surface area contributed by atoms with Crippen LogP contribution in [0.2, 0.25) is 0 Å². The van der Waals surface area contributed by atoms with Gasteiger partial charge in [-0.05, 0) is 30.4 Å². The summed E-state index contributed by atoms with van der Waals surface area (Å²) >= 11 is 5.15. The molecule has 98 valence electrons. The fourth-order valence-corrected chi connectivity index (χ4v) is 2.32. The molecule has 0 spiro atoms. The Bertz CT molecular complexity index is 815. The second-order valence-electron chi connectivity index (χ2n) is 4.25. The van der Waals surface area contributed by atoms with Crippen LogP contribution in [-0.4, -0.2) is 19.3 Å². The molecule has 2 heterocycles. The van der Waals surface area contributed by atoms with Gasteiger partial charge in [-0.3, -0.25) is 4.68 Å². The van der Waals surface area contributed by atoms with E-state index in [4.69, 9.17) is 12.2 Å². The Morgan fingerprint density at radius 3 is 2.79 bits per heavy atom. The van der Waals surface area contributed by atoms with E-state index in [1.54, 1.807) is 24.0 Å². The number of nitrogens with one attached hydrogen (secondary N) is 1. The minimum atomic E-state index is -0.902. The third-order valence-electron chi connectivity index (χ3n) is 2.91. The molecule has 0 amide bonds. The van der Waals surface area contributed by atoms with Gasteiger partial charge < -0.3 is 9.55 Å². The average Bonchev–Trinajstić information content (AvgIpc) is 2.90. The van der Waals surface area contributed by atoms with Crippen molar-refractivity contribution in [1.29, 1.82) is 0 Å². The van der Waals surface area contributed by atoms with E-state index in [0.29, 0.717) is 16.8 Å². The topological polar surface area (TPSA) is 38.5 Å². The van der Waals surface area contributed by atoms with Gasteiger partial charge in [0.15, 0.2) is 16.4 Å². The number of hydrogen-bond donors (Lipinski definition) is 1. The van der Waals surface area contributed by atoms with Crippen molar-refractivity contribution in [3.63, 3.8) is 0 Å². The number of H-pyrrole nitrogens is 1. The Kier molecular flexibility index (Phi) is 2.70. The van der Waals surface area contributed by atoms with E-state index in [2.05, 4.69) is 10.1 Å². The molecule has 0 saturated carbocycles. The normalized spacial score (nSPS) is 11.3. The summed E-state index contributed by atoms with van der Waals surface area (Å²) in [6.07, 6.45) is 1.78. The molecule has 3 rings (SSSR count). The van der Waals surface area contributed by atoms with Crippen molar-refractivity contribution in [3.05, 3.63) is 46.5 Å². The maximum atomic E-state index is 13.9. The van der Waals surface area contributed by atoms with Gasteiger partial charge in [0, 0.05) is 13.2 Å². The van der Waals surface area contributed by atoms with Crippen LogP contribution < -0.4 is 0 Å². The molecule has 0 fully saturated rings. The summed E-state index contributed by atoms with van der Waals surface area (Å²) in [6.45, 7) is 0.292. The highest BCUT2D eigenvalue weighted by Gasteiger charge is 2.14. The van der Waals surface area contributed by atoms with Crippen molar-refractivity contribution in [2.75, 3.05) is 0 Å². The van der Waals surface area contributed by atoms with Gasteiger partial charge >= 0.3 is 0 Å². The Labute approximate surface area is 112 Å². The first kappa shape index (κ1) is 12.0. The standard InChI is InChI=1S/C12H10F2N4S/c1-17-5-4-7(16-17)6-18-11-9(15-12(18)19)3-2-8(13)10(11)14/h2-5H,6H2,1H3,(H,15,19). The van der Waals surface area contributed by atoms with Crippen molar-refractivity contribution in [3.8, 4) is 0 Å². The number of fused-ring (bicyclic) bond motifs is 1. The summed E-state index contributed by atoms with van der Waals surface area (Å²) in [5, 5.41) is 4.21. The van der Waals surface area contributed by atoms with Crippen LogP contribution in [0.25, 0.3) is 11.0 Å². The Balaban J connectivity index is 2.20. The third kappa shape index (κ3) is 1.95. The van der Waals surface area contributed by atoms with Gasteiger partial charge in [0.1, 0.15) is 5.52 Å². The second kappa shape index (κ2) is 4.27. The van der Waals surface area contributed by atoms with E-state index >= 15 is 0 Å². The number of rotatable bonds is 2. The fraction of sp³-hybridized carbons (Fsp3) is 0.167. The highest BCUT2D eigenvalue weighted by Crippen LogP contribution is 2.21. The molecule has 0 saturated heterocycles. The molecule has 7 heteroatoms. The molecule has 0 aliphatic carbocycles. The first-order valence-electron chi connectivity index (χ1n) is 5.61. The lowest BCUT2D eigenvalue weighted by atomic mass is 10.3. The SMILES string of the molecule is Cn1ccc(Cn2c(=S)[nH]c3ccc(F)c(F)c32)n1. The van der Waals surface area contributed by atoms with Gasteiger partial charge in [0.25, 0.3) is 0 Å². The van der Waals surface area contributed by atoms with Crippen molar-refractivity contribution >= 4 is 23.3 Å². The second-order valence-corrected chi connectivity index (χ2v) is 4.64. The van der Waals surface area contributed by atoms with Crippen LogP contribution in [0, 0.1) is 16.4 Å². The lowest BCUT2D eigenvalue weighted by molar-refractivity contribution is 0.512. The van der Waals surface area contributed by atoms with E-state index in [9.17, 15) is 8.78 Å². The monoisotopic (exact) mass is 280 g/mol. The summed E-state index contributed by atoms with van der Waals surface area (Å²) in [7, 11) is 1.79. The molecule has 0 atom stereocenters. The molecule has 19 heavy (non-hydrogen) atoms. The van der Waals surface area contributed by atoms with Crippen LogP contribution in [0.4, 0.5) is 8.78 Å². The molecule has 3 aromatic rings. The van der Waals surface area contributed by atoms with Gasteiger partial charge in [-0.25, -0.2) is 8.78 Å². The molecule has 0 radical (unpaired) electrons. The van der Waals surface area contributed by atoms with Gasteiger partial charge in [0.05, 0.1) is 17.8 Å². The minimum Gasteiger partial charge on any atom is -0.330 e. The maximum absolute atomic E-state index is 13.9. The maximum Gasteiger partial charge on any atom is 0.184 e. The fourth-order valence-electron chi connectivity index (χ4n) is 2.05. The van der Waals surface area contributed by atoms with Gasteiger partial charge in [-0.15, -0.1) is 0 Å². The summed E-state index contributed by atoms with van der Waals surface area (Å²) in [5.41, 5.74) is 1.33. The molecule has 1 aromatic carbocycles. The average molecular weight is 280 g/mol. The Morgan fingerprint density at radius 1 is 1.32 bits per heavy atom. The predicted octanol–water partition coefficient (Wildman–Crippen LogP) is 2.76. The highest BCUT2D eigenvalue weighted by molar-refractivity contribution is 7.71. The number of aryl methyl sites for hydroxylation is 1. The minimum absolute atomic E-state index is 0.135. The zero-order valence-electron chi connectivity index (χ0n) is 10.0. The number of halogens is 2. The quantitative estimate of drug-likeness (QED) is 0.733. The van der Waals surface area contributed by atoms with Crippen molar-refractivity contribution in [2.45, 2.75) is 6.54 Å². The van der Waals surface area contributed by atoms with Gasteiger partial charge in [-0.1, -0.05) is 0 Å². The molecule has 4 nitrogen and oxygen atoms in total. The number of imidazole rings is 1.